The molecule has 0 bridgehead atoms. The van der Waals surface area contributed by atoms with E-state index in [4.69, 9.17) is 0 Å². The van der Waals surface area contributed by atoms with Crippen LogP contribution in [0.1, 0.15) is 16.7 Å². The highest BCUT2D eigenvalue weighted by atomic mass is 16.2. The van der Waals surface area contributed by atoms with E-state index in [1.54, 1.807) is 16.0 Å². The van der Waals surface area contributed by atoms with Gasteiger partial charge in [0.25, 0.3) is 0 Å². The van der Waals surface area contributed by atoms with Crippen LogP contribution < -0.4 is 5.32 Å². The average molecular weight is 578 g/mol. The van der Waals surface area contributed by atoms with E-state index in [1.165, 1.54) is 5.01 Å². The molecule has 2 aliphatic rings. The van der Waals surface area contributed by atoms with Crippen molar-refractivity contribution in [2.45, 2.75) is 31.7 Å². The minimum absolute atomic E-state index is 0.0120. The fourth-order valence-corrected chi connectivity index (χ4v) is 6.10. The summed E-state index contributed by atoms with van der Waals surface area (Å²) in [6.07, 6.45) is 3.33. The lowest BCUT2D eigenvalue weighted by Gasteiger charge is -2.46. The highest BCUT2D eigenvalue weighted by Gasteiger charge is 2.52. The van der Waals surface area contributed by atoms with E-state index in [0.29, 0.717) is 19.5 Å². The summed E-state index contributed by atoms with van der Waals surface area (Å²) in [6.45, 7) is 5.03. The summed E-state index contributed by atoms with van der Waals surface area (Å²) in [4.78, 5) is 44.8. The van der Waals surface area contributed by atoms with Crippen molar-refractivity contribution in [1.29, 1.82) is 0 Å². The lowest BCUT2D eigenvalue weighted by atomic mass is 9.99. The van der Waals surface area contributed by atoms with Gasteiger partial charge in [0.2, 0.25) is 11.8 Å². The van der Waals surface area contributed by atoms with E-state index in [9.17, 15) is 14.4 Å². The molecule has 2 aliphatic heterocycles. The fourth-order valence-electron chi connectivity index (χ4n) is 6.10. The summed E-state index contributed by atoms with van der Waals surface area (Å²) in [5.41, 5.74) is 3.89. The van der Waals surface area contributed by atoms with Gasteiger partial charge in [-0.05, 0) is 22.8 Å². The number of carbonyl (C=O) groups is 3. The van der Waals surface area contributed by atoms with Crippen LogP contribution in [0.15, 0.2) is 97.7 Å². The summed E-state index contributed by atoms with van der Waals surface area (Å²) in [5.74, 6) is -0.293. The van der Waals surface area contributed by atoms with Crippen LogP contribution in [0.5, 0.6) is 0 Å². The molecule has 4 amide bonds. The molecule has 0 saturated carbocycles. The number of nitrogens with one attached hydrogen (secondary N) is 1. The Morgan fingerprint density at radius 1 is 1.02 bits per heavy atom. The highest BCUT2D eigenvalue weighted by molar-refractivity contribution is 5.92. The summed E-state index contributed by atoms with van der Waals surface area (Å²) in [6, 6.07) is 24.3. The number of benzene rings is 3. The number of rotatable bonds is 9. The Kier molecular flexibility index (Phi) is 7.93. The van der Waals surface area contributed by atoms with Gasteiger partial charge < -0.3 is 15.1 Å². The number of fused-ring (bicyclic) bond motifs is 2. The number of urea groups is 1. The van der Waals surface area contributed by atoms with Crippen LogP contribution >= 0.6 is 0 Å². The Morgan fingerprint density at radius 2 is 1.74 bits per heavy atom. The van der Waals surface area contributed by atoms with Crippen molar-refractivity contribution >= 4 is 28.7 Å². The van der Waals surface area contributed by atoms with Gasteiger partial charge in [-0.2, -0.15) is 10.1 Å². The van der Waals surface area contributed by atoms with Crippen molar-refractivity contribution in [2.24, 2.45) is 7.05 Å². The van der Waals surface area contributed by atoms with Crippen molar-refractivity contribution in [1.82, 2.24) is 34.9 Å². The Labute approximate surface area is 250 Å². The molecule has 0 spiro atoms. The van der Waals surface area contributed by atoms with Crippen molar-refractivity contribution in [3.63, 3.8) is 0 Å². The largest absolute Gasteiger partial charge is 0.333 e. The van der Waals surface area contributed by atoms with Crippen molar-refractivity contribution < 1.29 is 14.4 Å². The van der Waals surface area contributed by atoms with Gasteiger partial charge in [-0.1, -0.05) is 78.9 Å². The Hall–Kier alpha value is -4.96. The van der Waals surface area contributed by atoms with Crippen molar-refractivity contribution in [2.75, 3.05) is 19.6 Å². The van der Waals surface area contributed by atoms with Gasteiger partial charge in [0.05, 0.1) is 31.3 Å². The number of aryl methyl sites for hydroxylation is 1. The first-order valence-corrected chi connectivity index (χ1v) is 14.4. The minimum atomic E-state index is -0.704. The van der Waals surface area contributed by atoms with E-state index in [0.717, 1.165) is 27.6 Å². The normalized spacial score (nSPS) is 18.6. The molecule has 2 saturated heterocycles. The molecule has 3 aromatic carbocycles. The zero-order valence-electron chi connectivity index (χ0n) is 24.2. The smallest absolute Gasteiger partial charge is 0.332 e. The zero-order valence-corrected chi connectivity index (χ0v) is 24.2. The number of amides is 4. The molecule has 6 rings (SSSR count). The Morgan fingerprint density at radius 3 is 2.47 bits per heavy atom. The van der Waals surface area contributed by atoms with Gasteiger partial charge in [-0.3, -0.25) is 19.3 Å². The van der Waals surface area contributed by atoms with Crippen LogP contribution in [0.4, 0.5) is 4.79 Å². The molecule has 3 heterocycles. The zero-order chi connectivity index (χ0) is 29.9. The van der Waals surface area contributed by atoms with Gasteiger partial charge in [0.15, 0.2) is 0 Å². The molecule has 10 heteroatoms. The second-order valence-electron chi connectivity index (χ2n) is 10.9. The van der Waals surface area contributed by atoms with Crippen molar-refractivity contribution in [3.05, 3.63) is 114 Å². The number of aromatic nitrogens is 2. The number of piperazine rings is 1. The standard InChI is InChI=1S/C33H35N7O3/c1-3-17-38(33(43)34-19-25-13-8-5-9-14-25)39-23-31(41)40-29(18-24-11-6-4-7-12-24)32(42)37(22-30(39)40)21-26-15-10-16-28-27(26)20-35-36(28)2/h3-16,20,29-30H,1,17-19,21-23H2,2H3,(H,34,43)/t29-,30+/m0/s1. The minimum Gasteiger partial charge on any atom is -0.333 e. The van der Waals surface area contributed by atoms with E-state index < -0.39 is 12.2 Å². The molecule has 220 valence electrons. The number of hydrazine groups is 1. The lowest BCUT2D eigenvalue weighted by molar-refractivity contribution is -0.157. The van der Waals surface area contributed by atoms with E-state index in [1.807, 2.05) is 102 Å². The molecule has 2 fully saturated rings. The van der Waals surface area contributed by atoms with Crippen LogP contribution in [-0.4, -0.2) is 79.3 Å². The van der Waals surface area contributed by atoms with Crippen LogP contribution in [0.2, 0.25) is 0 Å². The number of hydrogen-bond acceptors (Lipinski definition) is 5. The van der Waals surface area contributed by atoms with Gasteiger partial charge >= 0.3 is 6.03 Å². The van der Waals surface area contributed by atoms with E-state index in [2.05, 4.69) is 17.0 Å². The lowest BCUT2D eigenvalue weighted by Crippen LogP contribution is -2.66. The molecule has 2 atom stereocenters. The molecule has 0 aliphatic carbocycles. The summed E-state index contributed by atoms with van der Waals surface area (Å²) in [5, 5.41) is 11.7. The summed E-state index contributed by atoms with van der Waals surface area (Å²) < 4.78 is 1.81. The molecule has 0 radical (unpaired) electrons. The van der Waals surface area contributed by atoms with Crippen LogP contribution in [-0.2, 0) is 36.1 Å². The first kappa shape index (κ1) is 28.2. The number of carbonyl (C=O) groups excluding carboxylic acids is 3. The SMILES string of the molecule is C=CCN(C(=O)NCc1ccccc1)N1CC(=O)N2[C@@H](Cc3ccccc3)C(=O)N(Cc3cccc4c3cnn4C)C[C@@H]21. The first-order valence-electron chi connectivity index (χ1n) is 14.4. The third-order valence-electron chi connectivity index (χ3n) is 8.21. The van der Waals surface area contributed by atoms with Gasteiger partial charge in [0, 0.05) is 31.9 Å². The van der Waals surface area contributed by atoms with Gasteiger partial charge in [0.1, 0.15) is 12.2 Å². The fraction of sp³-hybridized carbons (Fsp3) is 0.273. The molecular formula is C33H35N7O3. The maximum Gasteiger partial charge on any atom is 0.332 e. The predicted octanol–water partition coefficient (Wildman–Crippen LogP) is 3.31. The third kappa shape index (κ3) is 5.61. The average Bonchev–Trinajstić information content (AvgIpc) is 3.57. The van der Waals surface area contributed by atoms with Crippen LogP contribution in [0.25, 0.3) is 10.9 Å². The summed E-state index contributed by atoms with van der Waals surface area (Å²) >= 11 is 0. The molecule has 1 aromatic heterocycles. The first-order chi connectivity index (χ1) is 20.9. The number of hydrogen-bond donors (Lipinski definition) is 1. The quantitative estimate of drug-likeness (QED) is 0.308. The van der Waals surface area contributed by atoms with Crippen molar-refractivity contribution in [3.8, 4) is 0 Å². The monoisotopic (exact) mass is 577 g/mol. The maximum atomic E-state index is 14.1. The van der Waals surface area contributed by atoms with Gasteiger partial charge in [-0.25, -0.2) is 4.79 Å². The Balaban J connectivity index is 1.31. The molecule has 4 aromatic rings. The van der Waals surface area contributed by atoms with Crippen LogP contribution in [0.3, 0.4) is 0 Å². The third-order valence-corrected chi connectivity index (χ3v) is 8.21. The number of nitrogens with zero attached hydrogens (tertiary/aromatic N) is 6. The summed E-state index contributed by atoms with van der Waals surface area (Å²) in [7, 11) is 1.89. The predicted molar refractivity (Wildman–Crippen MR) is 163 cm³/mol. The van der Waals surface area contributed by atoms with E-state index >= 15 is 0 Å². The maximum absolute atomic E-state index is 14.1. The molecule has 0 unspecified atom stereocenters. The topological polar surface area (TPSA) is 94.0 Å². The van der Waals surface area contributed by atoms with Crippen LogP contribution in [0, 0.1) is 0 Å². The highest BCUT2D eigenvalue weighted by Crippen LogP contribution is 2.31. The van der Waals surface area contributed by atoms with Gasteiger partial charge in [-0.15, -0.1) is 6.58 Å². The molecule has 1 N–H and O–H groups in total. The molecular weight excluding hydrogens is 542 g/mol. The molecule has 10 nitrogen and oxygen atoms in total. The van der Waals surface area contributed by atoms with E-state index in [-0.39, 0.29) is 37.5 Å². The second kappa shape index (κ2) is 12.1. The second-order valence-corrected chi connectivity index (χ2v) is 10.9. The molecule has 43 heavy (non-hydrogen) atoms. The Bertz CT molecular complexity index is 1640.